The van der Waals surface area contributed by atoms with Gasteiger partial charge < -0.3 is 19.3 Å². The van der Waals surface area contributed by atoms with Gasteiger partial charge in [0.1, 0.15) is 12.4 Å². The number of carbonyl (C=O) groups is 2. The molecular formula is C34H40N4O4. The number of likely N-dealkylation sites (N-methyl/N-ethyl adjacent to an activating group) is 1. The number of Topliss-reactive ketones (excluding diaryl/α,β-unsaturated/α-hetero) is 1. The molecule has 1 aliphatic rings. The Morgan fingerprint density at radius 1 is 1.02 bits per heavy atom. The van der Waals surface area contributed by atoms with Crippen LogP contribution in [-0.2, 0) is 16.6 Å². The van der Waals surface area contributed by atoms with Gasteiger partial charge in [-0.3, -0.25) is 9.59 Å². The quantitative estimate of drug-likeness (QED) is 0.132. The molecule has 220 valence electrons. The van der Waals surface area contributed by atoms with Crippen molar-refractivity contribution in [3.8, 4) is 5.75 Å². The molecule has 1 heterocycles. The van der Waals surface area contributed by atoms with Crippen LogP contribution >= 0.6 is 0 Å². The monoisotopic (exact) mass is 568 g/mol. The van der Waals surface area contributed by atoms with E-state index in [0.717, 1.165) is 34.9 Å². The number of hydrazone groups is 1. The van der Waals surface area contributed by atoms with Crippen LogP contribution in [0.2, 0.25) is 0 Å². The minimum absolute atomic E-state index is 0.173. The standard InChI is InChI=1S/C34H40N4O4/c1-7-38-30-17-16-26(37(4)5)22-29(30)34(3,23-25-12-8-11-15-31(25)42-21-20-41-6)32(38)18-19-35-36-33(40)28-14-10-9-13-27(28)24(2)39/h8-19,22H,7,20-21,23H2,1-6H3,(H,36,40)/b32-18-,35-19+. The van der Waals surface area contributed by atoms with Crippen LogP contribution in [-0.4, -0.2) is 58.9 Å². The molecule has 8 heteroatoms. The van der Waals surface area contributed by atoms with Crippen molar-refractivity contribution in [2.45, 2.75) is 32.6 Å². The lowest BCUT2D eigenvalue weighted by Gasteiger charge is -2.30. The van der Waals surface area contributed by atoms with Crippen LogP contribution in [0.15, 0.2) is 83.6 Å². The van der Waals surface area contributed by atoms with Crippen molar-refractivity contribution in [1.29, 1.82) is 0 Å². The maximum absolute atomic E-state index is 12.8. The summed E-state index contributed by atoms with van der Waals surface area (Å²) >= 11 is 0. The highest BCUT2D eigenvalue weighted by molar-refractivity contribution is 6.07. The molecule has 0 aromatic heterocycles. The SMILES string of the molecule is CCN1/C(=C\C=N\NC(=O)c2ccccc2C(C)=O)C(C)(Cc2ccccc2OCCOC)c2cc(N(C)C)ccc21. The average Bonchev–Trinajstić information content (AvgIpc) is 3.22. The summed E-state index contributed by atoms with van der Waals surface area (Å²) < 4.78 is 11.3. The van der Waals surface area contributed by atoms with Crippen molar-refractivity contribution >= 4 is 29.3 Å². The van der Waals surface area contributed by atoms with Crippen LogP contribution in [0, 0.1) is 0 Å². The van der Waals surface area contributed by atoms with Crippen LogP contribution in [0.3, 0.4) is 0 Å². The van der Waals surface area contributed by atoms with Crippen molar-refractivity contribution in [2.24, 2.45) is 5.10 Å². The van der Waals surface area contributed by atoms with Gasteiger partial charge in [0, 0.05) is 62.0 Å². The summed E-state index contributed by atoms with van der Waals surface area (Å²) in [4.78, 5) is 29.2. The first-order valence-corrected chi connectivity index (χ1v) is 14.1. The number of benzene rings is 3. The predicted octanol–water partition coefficient (Wildman–Crippen LogP) is 5.62. The molecular weight excluding hydrogens is 528 g/mol. The number of ketones is 1. The lowest BCUT2D eigenvalue weighted by atomic mass is 9.76. The number of nitrogens with one attached hydrogen (secondary N) is 1. The molecule has 0 saturated carbocycles. The van der Waals surface area contributed by atoms with Gasteiger partial charge >= 0.3 is 0 Å². The summed E-state index contributed by atoms with van der Waals surface area (Å²) in [6.07, 6.45) is 4.27. The number of ether oxygens (including phenoxy) is 2. The molecule has 3 aromatic rings. The van der Waals surface area contributed by atoms with Gasteiger partial charge in [0.25, 0.3) is 5.91 Å². The number of anilines is 2. The Morgan fingerprint density at radius 3 is 2.43 bits per heavy atom. The van der Waals surface area contributed by atoms with Crippen molar-refractivity contribution < 1.29 is 19.1 Å². The van der Waals surface area contributed by atoms with E-state index in [0.29, 0.717) is 30.8 Å². The Kier molecular flexibility index (Phi) is 9.80. The maximum atomic E-state index is 12.8. The van der Waals surface area contributed by atoms with Crippen LogP contribution in [0.5, 0.6) is 5.75 Å². The van der Waals surface area contributed by atoms with Crippen LogP contribution in [0.4, 0.5) is 11.4 Å². The Balaban J connectivity index is 1.71. The summed E-state index contributed by atoms with van der Waals surface area (Å²) in [5.74, 6) is 0.229. The fraction of sp³-hybridized carbons (Fsp3) is 0.324. The third kappa shape index (κ3) is 6.39. The predicted molar refractivity (Wildman–Crippen MR) is 169 cm³/mol. The minimum atomic E-state index is -0.432. The van der Waals surface area contributed by atoms with Gasteiger partial charge in [0.2, 0.25) is 0 Å². The highest BCUT2D eigenvalue weighted by atomic mass is 16.5. The Labute approximate surface area is 248 Å². The fourth-order valence-electron chi connectivity index (χ4n) is 5.50. The van der Waals surface area contributed by atoms with Gasteiger partial charge in [-0.2, -0.15) is 5.10 Å². The number of amides is 1. The smallest absolute Gasteiger partial charge is 0.272 e. The zero-order chi connectivity index (χ0) is 30.3. The van der Waals surface area contributed by atoms with Gasteiger partial charge in [-0.15, -0.1) is 0 Å². The van der Waals surface area contributed by atoms with Crippen LogP contribution in [0.25, 0.3) is 0 Å². The minimum Gasteiger partial charge on any atom is -0.491 e. The second kappa shape index (κ2) is 13.5. The highest BCUT2D eigenvalue weighted by Crippen LogP contribution is 2.51. The average molecular weight is 569 g/mol. The molecule has 1 unspecified atom stereocenters. The van der Waals surface area contributed by atoms with E-state index in [4.69, 9.17) is 9.47 Å². The van der Waals surface area contributed by atoms with E-state index in [1.165, 1.54) is 12.5 Å². The first kappa shape index (κ1) is 30.5. The lowest BCUT2D eigenvalue weighted by Crippen LogP contribution is -2.31. The Bertz CT molecular complexity index is 1500. The molecule has 1 N–H and O–H groups in total. The van der Waals surface area contributed by atoms with Crippen molar-refractivity contribution in [2.75, 3.05) is 50.8 Å². The number of fused-ring (bicyclic) bond motifs is 1. The molecule has 8 nitrogen and oxygen atoms in total. The van der Waals surface area contributed by atoms with E-state index in [1.54, 1.807) is 37.6 Å². The van der Waals surface area contributed by atoms with Gasteiger partial charge in [0.05, 0.1) is 12.2 Å². The van der Waals surface area contributed by atoms with E-state index >= 15 is 0 Å². The number of hydrogen-bond donors (Lipinski definition) is 1. The van der Waals surface area contributed by atoms with Gasteiger partial charge in [-0.05, 0) is 74.7 Å². The molecule has 0 bridgehead atoms. The summed E-state index contributed by atoms with van der Waals surface area (Å²) in [6.45, 7) is 7.55. The number of carbonyl (C=O) groups excluding carboxylic acids is 2. The van der Waals surface area contributed by atoms with Crippen molar-refractivity contribution in [3.63, 3.8) is 0 Å². The molecule has 3 aromatic carbocycles. The van der Waals surface area contributed by atoms with E-state index in [1.807, 2.05) is 38.4 Å². The van der Waals surface area contributed by atoms with E-state index < -0.39 is 11.3 Å². The van der Waals surface area contributed by atoms with Crippen LogP contribution < -0.4 is 20.0 Å². The Hall–Kier alpha value is -4.43. The summed E-state index contributed by atoms with van der Waals surface area (Å²) in [6, 6.07) is 21.4. The molecule has 0 saturated heterocycles. The Morgan fingerprint density at radius 2 is 1.74 bits per heavy atom. The largest absolute Gasteiger partial charge is 0.491 e. The molecule has 42 heavy (non-hydrogen) atoms. The molecule has 0 fully saturated rings. The number of para-hydroxylation sites is 1. The number of rotatable bonds is 12. The number of hydrogen-bond acceptors (Lipinski definition) is 7. The summed E-state index contributed by atoms with van der Waals surface area (Å²) in [7, 11) is 5.75. The molecule has 0 spiro atoms. The third-order valence-electron chi connectivity index (χ3n) is 7.64. The molecule has 1 atom stereocenters. The highest BCUT2D eigenvalue weighted by Gasteiger charge is 2.43. The van der Waals surface area contributed by atoms with Crippen molar-refractivity contribution in [3.05, 3.63) is 101 Å². The van der Waals surface area contributed by atoms with Crippen LogP contribution in [0.1, 0.15) is 52.6 Å². The molecule has 0 radical (unpaired) electrons. The lowest BCUT2D eigenvalue weighted by molar-refractivity contribution is 0.0940. The van der Waals surface area contributed by atoms with Gasteiger partial charge in [0.15, 0.2) is 5.78 Å². The number of methoxy groups -OCH3 is 1. The number of nitrogens with zero attached hydrogens (tertiary/aromatic N) is 3. The van der Waals surface area contributed by atoms with Crippen molar-refractivity contribution in [1.82, 2.24) is 5.43 Å². The zero-order valence-corrected chi connectivity index (χ0v) is 25.3. The molecule has 0 aliphatic carbocycles. The van der Waals surface area contributed by atoms with E-state index in [9.17, 15) is 9.59 Å². The molecule has 1 amide bonds. The zero-order valence-electron chi connectivity index (χ0n) is 25.3. The van der Waals surface area contributed by atoms with Gasteiger partial charge in [-0.25, -0.2) is 5.43 Å². The summed E-state index contributed by atoms with van der Waals surface area (Å²) in [5, 5.41) is 4.24. The van der Waals surface area contributed by atoms with E-state index in [2.05, 4.69) is 58.4 Å². The molecule has 1 aliphatic heterocycles. The van der Waals surface area contributed by atoms with Gasteiger partial charge in [-0.1, -0.05) is 36.4 Å². The second-order valence-electron chi connectivity index (χ2n) is 10.7. The molecule has 4 rings (SSSR count). The maximum Gasteiger partial charge on any atom is 0.272 e. The first-order valence-electron chi connectivity index (χ1n) is 14.1. The fourth-order valence-corrected chi connectivity index (χ4v) is 5.50. The first-order chi connectivity index (χ1) is 20.2. The third-order valence-corrected chi connectivity index (χ3v) is 7.64. The normalized spacial score (nSPS) is 17.0. The summed E-state index contributed by atoms with van der Waals surface area (Å²) in [5.41, 5.74) is 8.44. The second-order valence-corrected chi connectivity index (χ2v) is 10.7. The van der Waals surface area contributed by atoms with E-state index in [-0.39, 0.29) is 5.78 Å². The topological polar surface area (TPSA) is 83.5 Å². The number of allylic oxidation sites excluding steroid dienone is 2.